The van der Waals surface area contributed by atoms with Crippen molar-refractivity contribution in [3.63, 3.8) is 0 Å². The standard InChI is InChI=1S/C15H17N3O3/c1-2-13-12-4-3-5-14(12)17(16-13)15(19)10-6-8-11(9-7-10)18(20)21/h3,5-9,12-14,16H,2,4H2,1H3/t12-,13+,14-/m0/s1. The fourth-order valence-corrected chi connectivity index (χ4v) is 3.15. The monoisotopic (exact) mass is 287 g/mol. The largest absolute Gasteiger partial charge is 0.269 e. The molecule has 0 radical (unpaired) electrons. The predicted octanol–water partition coefficient (Wildman–Crippen LogP) is 2.28. The average Bonchev–Trinajstić information content (AvgIpc) is 3.08. The maximum Gasteiger partial charge on any atom is 0.269 e. The number of nitro groups is 1. The van der Waals surface area contributed by atoms with E-state index >= 15 is 0 Å². The molecule has 1 heterocycles. The highest BCUT2D eigenvalue weighted by atomic mass is 16.6. The first-order valence-electron chi connectivity index (χ1n) is 7.12. The van der Waals surface area contributed by atoms with Gasteiger partial charge in [-0.2, -0.15) is 0 Å². The fraction of sp³-hybridized carbons (Fsp3) is 0.400. The van der Waals surface area contributed by atoms with Gasteiger partial charge >= 0.3 is 0 Å². The van der Waals surface area contributed by atoms with Gasteiger partial charge in [-0.1, -0.05) is 19.1 Å². The van der Waals surface area contributed by atoms with Crippen LogP contribution in [0.4, 0.5) is 5.69 Å². The molecule has 3 rings (SSSR count). The van der Waals surface area contributed by atoms with Crippen LogP contribution in [0.15, 0.2) is 36.4 Å². The van der Waals surface area contributed by atoms with E-state index in [0.29, 0.717) is 17.5 Å². The molecule has 0 unspecified atom stereocenters. The van der Waals surface area contributed by atoms with E-state index in [9.17, 15) is 14.9 Å². The van der Waals surface area contributed by atoms with Crippen LogP contribution in [0, 0.1) is 16.0 Å². The highest BCUT2D eigenvalue weighted by Crippen LogP contribution is 2.33. The highest BCUT2D eigenvalue weighted by molar-refractivity contribution is 5.94. The van der Waals surface area contributed by atoms with Crippen LogP contribution in [0.25, 0.3) is 0 Å². The quantitative estimate of drug-likeness (QED) is 0.525. The third kappa shape index (κ3) is 2.31. The predicted molar refractivity (Wildman–Crippen MR) is 77.5 cm³/mol. The zero-order valence-electron chi connectivity index (χ0n) is 11.7. The van der Waals surface area contributed by atoms with Gasteiger partial charge in [0, 0.05) is 29.7 Å². The average molecular weight is 287 g/mol. The summed E-state index contributed by atoms with van der Waals surface area (Å²) < 4.78 is 0. The summed E-state index contributed by atoms with van der Waals surface area (Å²) in [6, 6.07) is 6.12. The number of amides is 1. The second kappa shape index (κ2) is 5.29. The number of fused-ring (bicyclic) bond motifs is 1. The van der Waals surface area contributed by atoms with Crippen LogP contribution in [-0.4, -0.2) is 27.9 Å². The number of benzene rings is 1. The summed E-state index contributed by atoms with van der Waals surface area (Å²) in [5.41, 5.74) is 3.73. The molecule has 110 valence electrons. The van der Waals surface area contributed by atoms with Gasteiger partial charge in [-0.05, 0) is 25.0 Å². The van der Waals surface area contributed by atoms with Gasteiger partial charge in [-0.15, -0.1) is 0 Å². The molecule has 3 atom stereocenters. The number of nitrogens with zero attached hydrogens (tertiary/aromatic N) is 2. The number of nitrogens with one attached hydrogen (secondary N) is 1. The third-order valence-corrected chi connectivity index (χ3v) is 4.28. The molecule has 1 aliphatic heterocycles. The van der Waals surface area contributed by atoms with Crippen LogP contribution in [-0.2, 0) is 0 Å². The Morgan fingerprint density at radius 2 is 2.14 bits per heavy atom. The van der Waals surface area contributed by atoms with E-state index in [2.05, 4.69) is 24.5 Å². The molecule has 6 heteroatoms. The lowest BCUT2D eigenvalue weighted by atomic mass is 9.94. The number of allylic oxidation sites excluding steroid dienone is 1. The van der Waals surface area contributed by atoms with Crippen molar-refractivity contribution in [3.05, 3.63) is 52.1 Å². The van der Waals surface area contributed by atoms with Crippen LogP contribution in [0.2, 0.25) is 0 Å². The van der Waals surface area contributed by atoms with E-state index in [1.165, 1.54) is 24.3 Å². The van der Waals surface area contributed by atoms with Gasteiger partial charge in [0.25, 0.3) is 11.6 Å². The molecular formula is C15H17N3O3. The van der Waals surface area contributed by atoms with Gasteiger partial charge in [0.05, 0.1) is 11.0 Å². The molecule has 0 spiro atoms. The van der Waals surface area contributed by atoms with Crippen molar-refractivity contribution in [1.82, 2.24) is 10.4 Å². The number of carbonyl (C=O) groups excluding carboxylic acids is 1. The van der Waals surface area contributed by atoms with Gasteiger partial charge in [0.2, 0.25) is 0 Å². The molecule has 1 fully saturated rings. The van der Waals surface area contributed by atoms with Gasteiger partial charge in [-0.3, -0.25) is 19.9 Å². The minimum Gasteiger partial charge on any atom is -0.268 e. The molecule has 0 aromatic heterocycles. The van der Waals surface area contributed by atoms with E-state index in [4.69, 9.17) is 0 Å². The molecule has 1 aliphatic carbocycles. The van der Waals surface area contributed by atoms with E-state index < -0.39 is 4.92 Å². The maximum atomic E-state index is 12.6. The summed E-state index contributed by atoms with van der Waals surface area (Å²) >= 11 is 0. The van der Waals surface area contributed by atoms with Gasteiger partial charge < -0.3 is 0 Å². The Bertz CT molecular complexity index is 597. The second-order valence-corrected chi connectivity index (χ2v) is 5.44. The first kappa shape index (κ1) is 13.8. The summed E-state index contributed by atoms with van der Waals surface area (Å²) in [7, 11) is 0. The lowest BCUT2D eigenvalue weighted by molar-refractivity contribution is -0.384. The lowest BCUT2D eigenvalue weighted by Crippen LogP contribution is -2.43. The molecule has 1 amide bonds. The number of carbonyl (C=O) groups is 1. The minimum atomic E-state index is -0.467. The number of non-ortho nitro benzene ring substituents is 1. The molecule has 1 aromatic rings. The molecule has 1 aromatic carbocycles. The Morgan fingerprint density at radius 1 is 1.43 bits per heavy atom. The van der Waals surface area contributed by atoms with Crippen molar-refractivity contribution in [1.29, 1.82) is 0 Å². The molecule has 21 heavy (non-hydrogen) atoms. The van der Waals surface area contributed by atoms with E-state index in [1.807, 2.05) is 0 Å². The maximum absolute atomic E-state index is 12.6. The van der Waals surface area contributed by atoms with Crippen LogP contribution in [0.3, 0.4) is 0 Å². The Balaban J connectivity index is 1.81. The van der Waals surface area contributed by atoms with Crippen molar-refractivity contribution >= 4 is 11.6 Å². The van der Waals surface area contributed by atoms with Crippen LogP contribution >= 0.6 is 0 Å². The van der Waals surface area contributed by atoms with E-state index in [-0.39, 0.29) is 17.6 Å². The SMILES string of the molecule is CC[C@H]1NN(C(=O)c2ccc([N+](=O)[O-])cc2)[C@H]2C=CC[C@@H]12. The molecule has 1 saturated heterocycles. The van der Waals surface area contributed by atoms with Crippen LogP contribution in [0.5, 0.6) is 0 Å². The molecular weight excluding hydrogens is 270 g/mol. The van der Waals surface area contributed by atoms with Gasteiger partial charge in [-0.25, -0.2) is 5.43 Å². The van der Waals surface area contributed by atoms with Crippen molar-refractivity contribution in [2.75, 3.05) is 0 Å². The topological polar surface area (TPSA) is 75.5 Å². The van der Waals surface area contributed by atoms with Crippen molar-refractivity contribution in [2.24, 2.45) is 5.92 Å². The number of hydrogen-bond acceptors (Lipinski definition) is 4. The lowest BCUT2D eigenvalue weighted by Gasteiger charge is -2.22. The first-order chi connectivity index (χ1) is 10.1. The number of hydrogen-bond donors (Lipinski definition) is 1. The van der Waals surface area contributed by atoms with E-state index in [0.717, 1.165) is 12.8 Å². The third-order valence-electron chi connectivity index (χ3n) is 4.28. The zero-order chi connectivity index (χ0) is 15.0. The van der Waals surface area contributed by atoms with Crippen LogP contribution in [0.1, 0.15) is 30.1 Å². The molecule has 2 aliphatic rings. The zero-order valence-corrected chi connectivity index (χ0v) is 11.7. The Hall–Kier alpha value is -2.21. The number of hydrazine groups is 1. The molecule has 0 saturated carbocycles. The molecule has 1 N–H and O–H groups in total. The van der Waals surface area contributed by atoms with Crippen molar-refractivity contribution in [2.45, 2.75) is 31.8 Å². The minimum absolute atomic E-state index is 0.00833. The fourth-order valence-electron chi connectivity index (χ4n) is 3.15. The molecule has 6 nitrogen and oxygen atoms in total. The van der Waals surface area contributed by atoms with Crippen LogP contribution < -0.4 is 5.43 Å². The van der Waals surface area contributed by atoms with Gasteiger partial charge in [0.1, 0.15) is 0 Å². The smallest absolute Gasteiger partial charge is 0.268 e. The summed E-state index contributed by atoms with van der Waals surface area (Å²) in [6.07, 6.45) is 6.14. The Morgan fingerprint density at radius 3 is 2.76 bits per heavy atom. The van der Waals surface area contributed by atoms with Gasteiger partial charge in [0.15, 0.2) is 0 Å². The normalized spacial score (nSPS) is 26.9. The summed E-state index contributed by atoms with van der Waals surface area (Å²) in [5.74, 6) is 0.291. The van der Waals surface area contributed by atoms with E-state index in [1.54, 1.807) is 5.01 Å². The Kier molecular flexibility index (Phi) is 3.47. The Labute approximate surface area is 122 Å². The first-order valence-corrected chi connectivity index (χ1v) is 7.12. The van der Waals surface area contributed by atoms with Crippen molar-refractivity contribution in [3.8, 4) is 0 Å². The highest BCUT2D eigenvalue weighted by Gasteiger charge is 2.43. The summed E-state index contributed by atoms with van der Waals surface area (Å²) in [6.45, 7) is 2.10. The summed E-state index contributed by atoms with van der Waals surface area (Å²) in [5, 5.41) is 12.3. The molecule has 0 bridgehead atoms. The van der Waals surface area contributed by atoms with Crippen molar-refractivity contribution < 1.29 is 9.72 Å². The summed E-state index contributed by atoms with van der Waals surface area (Å²) in [4.78, 5) is 22.8. The number of rotatable bonds is 3. The number of nitro benzene ring substituents is 1. The second-order valence-electron chi connectivity index (χ2n) is 5.44.